The summed E-state index contributed by atoms with van der Waals surface area (Å²) in [4.78, 5) is 16.2. The van der Waals surface area contributed by atoms with Crippen molar-refractivity contribution in [3.8, 4) is 5.69 Å². The summed E-state index contributed by atoms with van der Waals surface area (Å²) in [5.41, 5.74) is 1.52. The van der Waals surface area contributed by atoms with Gasteiger partial charge < -0.3 is 5.32 Å². The molecule has 0 atom stereocenters. The maximum Gasteiger partial charge on any atom is 0.234 e. The van der Waals surface area contributed by atoms with E-state index in [0.29, 0.717) is 15.9 Å². The second kappa shape index (κ2) is 7.30. The molecule has 0 fully saturated rings. The molecule has 0 saturated heterocycles. The van der Waals surface area contributed by atoms with Crippen molar-refractivity contribution in [2.45, 2.75) is 5.16 Å². The average molecular weight is 345 g/mol. The molecule has 7 heteroatoms. The number of aromatic nitrogens is 3. The largest absolute Gasteiger partial charge is 0.324 e. The number of hydrogen-bond acceptors (Lipinski definition) is 4. The highest BCUT2D eigenvalue weighted by Crippen LogP contribution is 2.21. The molecule has 1 heterocycles. The molecule has 1 N–H and O–H groups in total. The SMILES string of the molecule is O=C(CSc1ncn(-c2ccccc2)n1)Nc1ccccc1Cl. The van der Waals surface area contributed by atoms with Crippen molar-refractivity contribution in [3.05, 3.63) is 65.9 Å². The van der Waals surface area contributed by atoms with Crippen molar-refractivity contribution in [2.24, 2.45) is 0 Å². The van der Waals surface area contributed by atoms with Gasteiger partial charge in [-0.3, -0.25) is 4.79 Å². The zero-order valence-corrected chi connectivity index (χ0v) is 13.6. The molecule has 0 saturated carbocycles. The first kappa shape index (κ1) is 15.6. The standard InChI is InChI=1S/C16H13ClN4OS/c17-13-8-4-5-9-14(13)19-15(22)10-23-16-18-11-21(20-16)12-6-2-1-3-7-12/h1-9,11H,10H2,(H,19,22). The summed E-state index contributed by atoms with van der Waals surface area (Å²) in [7, 11) is 0. The Hall–Kier alpha value is -2.31. The lowest BCUT2D eigenvalue weighted by Crippen LogP contribution is -2.14. The number of anilines is 1. The van der Waals surface area contributed by atoms with Gasteiger partial charge in [0, 0.05) is 0 Å². The maximum atomic E-state index is 12.0. The van der Waals surface area contributed by atoms with Gasteiger partial charge in [-0.1, -0.05) is 53.7 Å². The molecular weight excluding hydrogens is 332 g/mol. The first-order valence-corrected chi connectivity index (χ1v) is 8.23. The third-order valence-electron chi connectivity index (χ3n) is 2.97. The van der Waals surface area contributed by atoms with Crippen LogP contribution in [0.1, 0.15) is 0 Å². The molecule has 116 valence electrons. The van der Waals surface area contributed by atoms with Gasteiger partial charge in [-0.15, -0.1) is 5.10 Å². The van der Waals surface area contributed by atoms with E-state index in [-0.39, 0.29) is 11.7 Å². The number of para-hydroxylation sites is 2. The molecule has 0 aliphatic heterocycles. The molecule has 0 spiro atoms. The van der Waals surface area contributed by atoms with E-state index < -0.39 is 0 Å². The Bertz CT molecular complexity index is 807. The maximum absolute atomic E-state index is 12.0. The number of benzene rings is 2. The predicted molar refractivity (Wildman–Crippen MR) is 92.2 cm³/mol. The fourth-order valence-corrected chi connectivity index (χ4v) is 2.68. The molecular formula is C16H13ClN4OS. The third-order valence-corrected chi connectivity index (χ3v) is 4.15. The van der Waals surface area contributed by atoms with Crippen molar-refractivity contribution in [2.75, 3.05) is 11.1 Å². The Kier molecular flexibility index (Phi) is 4.95. The summed E-state index contributed by atoms with van der Waals surface area (Å²) in [6, 6.07) is 16.8. The number of hydrogen-bond donors (Lipinski definition) is 1. The monoisotopic (exact) mass is 344 g/mol. The van der Waals surface area contributed by atoms with Crippen LogP contribution in [0.3, 0.4) is 0 Å². The molecule has 3 rings (SSSR count). The smallest absolute Gasteiger partial charge is 0.234 e. The zero-order valence-electron chi connectivity index (χ0n) is 12.0. The van der Waals surface area contributed by atoms with Gasteiger partial charge in [-0.2, -0.15) is 0 Å². The number of thioether (sulfide) groups is 1. The number of nitrogens with one attached hydrogen (secondary N) is 1. The molecule has 5 nitrogen and oxygen atoms in total. The number of carbonyl (C=O) groups is 1. The summed E-state index contributed by atoms with van der Waals surface area (Å²) in [6.07, 6.45) is 1.63. The second-order valence-corrected chi connectivity index (χ2v) is 5.97. The first-order valence-electron chi connectivity index (χ1n) is 6.86. The van der Waals surface area contributed by atoms with Gasteiger partial charge in [0.2, 0.25) is 11.1 Å². The highest BCUT2D eigenvalue weighted by molar-refractivity contribution is 7.99. The van der Waals surface area contributed by atoms with Crippen LogP contribution in [-0.2, 0) is 4.79 Å². The molecule has 1 amide bonds. The van der Waals surface area contributed by atoms with Crippen molar-refractivity contribution in [3.63, 3.8) is 0 Å². The number of carbonyl (C=O) groups excluding carboxylic acids is 1. The van der Waals surface area contributed by atoms with Gasteiger partial charge in [0.1, 0.15) is 6.33 Å². The predicted octanol–water partition coefficient (Wildman–Crippen LogP) is 3.65. The normalized spacial score (nSPS) is 10.5. The summed E-state index contributed by atoms with van der Waals surface area (Å²) < 4.78 is 1.67. The Morgan fingerprint density at radius 3 is 2.65 bits per heavy atom. The van der Waals surface area contributed by atoms with Gasteiger partial charge in [-0.25, -0.2) is 9.67 Å². The minimum absolute atomic E-state index is 0.154. The quantitative estimate of drug-likeness (QED) is 0.718. The van der Waals surface area contributed by atoms with E-state index in [1.807, 2.05) is 42.5 Å². The summed E-state index contributed by atoms with van der Waals surface area (Å²) >= 11 is 7.28. The van der Waals surface area contributed by atoms with E-state index in [4.69, 9.17) is 11.6 Å². The van der Waals surface area contributed by atoms with Crippen molar-refractivity contribution in [1.29, 1.82) is 0 Å². The summed E-state index contributed by atoms with van der Waals surface area (Å²) in [5.74, 6) is 0.0588. The molecule has 0 radical (unpaired) electrons. The van der Waals surface area contributed by atoms with Crippen molar-refractivity contribution in [1.82, 2.24) is 14.8 Å². The van der Waals surface area contributed by atoms with E-state index >= 15 is 0 Å². The van der Waals surface area contributed by atoms with Crippen LogP contribution >= 0.6 is 23.4 Å². The minimum Gasteiger partial charge on any atom is -0.324 e. The molecule has 0 unspecified atom stereocenters. The Labute approximate surface area is 142 Å². The van der Waals surface area contributed by atoms with Gasteiger partial charge in [0.15, 0.2) is 0 Å². The zero-order chi connectivity index (χ0) is 16.1. The summed E-state index contributed by atoms with van der Waals surface area (Å²) in [6.45, 7) is 0. The van der Waals surface area contributed by atoms with E-state index in [9.17, 15) is 4.79 Å². The van der Waals surface area contributed by atoms with E-state index in [1.165, 1.54) is 11.8 Å². The van der Waals surface area contributed by atoms with Gasteiger partial charge in [0.05, 0.1) is 22.2 Å². The van der Waals surface area contributed by atoms with Crippen LogP contribution in [-0.4, -0.2) is 26.4 Å². The highest BCUT2D eigenvalue weighted by Gasteiger charge is 2.09. The number of halogens is 1. The van der Waals surface area contributed by atoms with E-state index in [0.717, 1.165) is 5.69 Å². The third kappa shape index (κ3) is 4.12. The van der Waals surface area contributed by atoms with Crippen LogP contribution < -0.4 is 5.32 Å². The average Bonchev–Trinajstić information content (AvgIpc) is 3.05. The topological polar surface area (TPSA) is 59.8 Å². The fourth-order valence-electron chi connectivity index (χ4n) is 1.90. The van der Waals surface area contributed by atoms with Crippen molar-refractivity contribution >= 4 is 35.0 Å². The van der Waals surface area contributed by atoms with Crippen LogP contribution in [0.25, 0.3) is 5.69 Å². The van der Waals surface area contributed by atoms with Crippen LogP contribution in [0.15, 0.2) is 66.1 Å². The van der Waals surface area contributed by atoms with Crippen LogP contribution in [0, 0.1) is 0 Å². The van der Waals surface area contributed by atoms with Gasteiger partial charge in [-0.05, 0) is 24.3 Å². The molecule has 0 aliphatic carbocycles. The second-order valence-electron chi connectivity index (χ2n) is 4.62. The number of nitrogens with zero attached hydrogens (tertiary/aromatic N) is 3. The highest BCUT2D eigenvalue weighted by atomic mass is 35.5. The lowest BCUT2D eigenvalue weighted by atomic mass is 10.3. The molecule has 0 aliphatic rings. The Morgan fingerprint density at radius 1 is 1.13 bits per heavy atom. The lowest BCUT2D eigenvalue weighted by Gasteiger charge is -2.05. The Morgan fingerprint density at radius 2 is 1.87 bits per heavy atom. The molecule has 3 aromatic rings. The van der Waals surface area contributed by atoms with Gasteiger partial charge in [0.25, 0.3) is 0 Å². The van der Waals surface area contributed by atoms with Gasteiger partial charge >= 0.3 is 0 Å². The molecule has 0 bridgehead atoms. The Balaban J connectivity index is 1.58. The fraction of sp³-hybridized carbons (Fsp3) is 0.0625. The molecule has 2 aromatic carbocycles. The van der Waals surface area contributed by atoms with E-state index in [1.54, 1.807) is 23.1 Å². The van der Waals surface area contributed by atoms with Crippen LogP contribution in [0.2, 0.25) is 5.02 Å². The first-order chi connectivity index (χ1) is 11.2. The van der Waals surface area contributed by atoms with Crippen LogP contribution in [0.5, 0.6) is 0 Å². The minimum atomic E-state index is -0.154. The van der Waals surface area contributed by atoms with E-state index in [2.05, 4.69) is 15.4 Å². The lowest BCUT2D eigenvalue weighted by molar-refractivity contribution is -0.113. The van der Waals surface area contributed by atoms with Crippen molar-refractivity contribution < 1.29 is 4.79 Å². The molecule has 23 heavy (non-hydrogen) atoms. The number of rotatable bonds is 5. The van der Waals surface area contributed by atoms with Crippen LogP contribution in [0.4, 0.5) is 5.69 Å². The molecule has 1 aromatic heterocycles. The number of amides is 1. The summed E-state index contributed by atoms with van der Waals surface area (Å²) in [5, 5.41) is 8.16.